The Bertz CT molecular complexity index is 1640. The highest BCUT2D eigenvalue weighted by molar-refractivity contribution is 6.14. The Morgan fingerprint density at radius 2 is 1.57 bits per heavy atom. The van der Waals surface area contributed by atoms with E-state index < -0.39 is 11.8 Å². The first-order valence-corrected chi connectivity index (χ1v) is 11.8. The summed E-state index contributed by atoms with van der Waals surface area (Å²) in [6, 6.07) is 25.8. The number of hydrogen-bond acceptors (Lipinski definition) is 6. The molecule has 2 heterocycles. The standard InChI is InChI=1S/C29H22N2O6/c32-26(17-36-21-11-9-18-5-1-2-6-19(18)15-21)31-27-22-7-3-4-8-23(22)37-28(27)29(33)30-20-10-12-24-25(16-20)35-14-13-34-24/h1-12,15-16H,13-14,17H2,(H,30,33)(H,31,32). The monoisotopic (exact) mass is 494 g/mol. The molecule has 0 saturated heterocycles. The third-order valence-corrected chi connectivity index (χ3v) is 5.96. The fourth-order valence-corrected chi connectivity index (χ4v) is 4.22. The van der Waals surface area contributed by atoms with Crippen molar-refractivity contribution >= 4 is 44.9 Å². The van der Waals surface area contributed by atoms with Crippen molar-refractivity contribution in [3.05, 3.63) is 90.7 Å². The van der Waals surface area contributed by atoms with Gasteiger partial charge in [-0.15, -0.1) is 0 Å². The molecule has 6 rings (SSSR count). The van der Waals surface area contributed by atoms with Gasteiger partial charge in [0, 0.05) is 17.1 Å². The summed E-state index contributed by atoms with van der Waals surface area (Å²) >= 11 is 0. The number of carbonyl (C=O) groups excluding carboxylic acids is 2. The molecular weight excluding hydrogens is 472 g/mol. The summed E-state index contributed by atoms with van der Waals surface area (Å²) in [6.07, 6.45) is 0. The van der Waals surface area contributed by atoms with Crippen LogP contribution in [0.15, 0.2) is 89.3 Å². The van der Waals surface area contributed by atoms with Gasteiger partial charge in [-0.05, 0) is 47.2 Å². The van der Waals surface area contributed by atoms with E-state index in [-0.39, 0.29) is 18.1 Å². The number of furan rings is 1. The zero-order chi connectivity index (χ0) is 25.2. The molecule has 8 nitrogen and oxygen atoms in total. The zero-order valence-electron chi connectivity index (χ0n) is 19.7. The Labute approximate surface area is 211 Å². The van der Waals surface area contributed by atoms with Crippen LogP contribution >= 0.6 is 0 Å². The number of nitrogens with one attached hydrogen (secondary N) is 2. The summed E-state index contributed by atoms with van der Waals surface area (Å²) in [5.74, 6) is 0.782. The SMILES string of the molecule is O=C(COc1ccc2ccccc2c1)Nc1c(C(=O)Nc2ccc3c(c2)OCCO3)oc2ccccc12. The lowest BCUT2D eigenvalue weighted by Gasteiger charge is -2.18. The molecule has 0 radical (unpaired) electrons. The third kappa shape index (κ3) is 4.64. The van der Waals surface area contributed by atoms with Crippen molar-refractivity contribution in [1.82, 2.24) is 0 Å². The minimum absolute atomic E-state index is 0.0184. The minimum Gasteiger partial charge on any atom is -0.486 e. The molecule has 1 aromatic heterocycles. The van der Waals surface area contributed by atoms with Crippen LogP contribution in [0.1, 0.15) is 10.6 Å². The second-order valence-electron chi connectivity index (χ2n) is 8.46. The van der Waals surface area contributed by atoms with Gasteiger partial charge < -0.3 is 29.3 Å². The quantitative estimate of drug-likeness (QED) is 0.318. The van der Waals surface area contributed by atoms with E-state index in [4.69, 9.17) is 18.6 Å². The van der Waals surface area contributed by atoms with E-state index >= 15 is 0 Å². The molecule has 0 fully saturated rings. The van der Waals surface area contributed by atoms with Crippen LogP contribution in [0.25, 0.3) is 21.7 Å². The molecule has 0 aliphatic carbocycles. The summed E-state index contributed by atoms with van der Waals surface area (Å²) in [7, 11) is 0. The molecule has 0 atom stereocenters. The summed E-state index contributed by atoms with van der Waals surface area (Å²) in [4.78, 5) is 26.0. The Kier molecular flexibility index (Phi) is 5.82. The number of anilines is 2. The van der Waals surface area contributed by atoms with Gasteiger partial charge in [0.05, 0.1) is 0 Å². The van der Waals surface area contributed by atoms with Crippen LogP contribution < -0.4 is 24.8 Å². The van der Waals surface area contributed by atoms with Gasteiger partial charge in [-0.1, -0.05) is 42.5 Å². The van der Waals surface area contributed by atoms with Crippen LogP contribution in [0.3, 0.4) is 0 Å². The highest BCUT2D eigenvalue weighted by Gasteiger charge is 2.23. The van der Waals surface area contributed by atoms with Crippen molar-refractivity contribution < 1.29 is 28.2 Å². The highest BCUT2D eigenvalue weighted by atomic mass is 16.6. The number of para-hydroxylation sites is 1. The Morgan fingerprint density at radius 3 is 2.46 bits per heavy atom. The Balaban J connectivity index is 1.21. The minimum atomic E-state index is -0.515. The molecule has 5 aromatic rings. The predicted octanol–water partition coefficient (Wildman–Crippen LogP) is 5.63. The van der Waals surface area contributed by atoms with Crippen LogP contribution in [0.4, 0.5) is 11.4 Å². The fraction of sp³-hybridized carbons (Fsp3) is 0.103. The molecule has 4 aromatic carbocycles. The molecule has 1 aliphatic heterocycles. The number of carbonyl (C=O) groups is 2. The van der Waals surface area contributed by atoms with Gasteiger partial charge in [-0.3, -0.25) is 9.59 Å². The van der Waals surface area contributed by atoms with E-state index in [1.807, 2.05) is 48.5 Å². The molecule has 0 unspecified atom stereocenters. The number of hydrogen-bond donors (Lipinski definition) is 2. The summed E-state index contributed by atoms with van der Waals surface area (Å²) < 4.78 is 22.7. The predicted molar refractivity (Wildman–Crippen MR) is 140 cm³/mol. The lowest BCUT2D eigenvalue weighted by molar-refractivity contribution is -0.118. The van der Waals surface area contributed by atoms with E-state index in [2.05, 4.69) is 10.6 Å². The molecule has 2 amide bonds. The summed E-state index contributed by atoms with van der Waals surface area (Å²) in [5, 5.41) is 8.30. The molecule has 2 N–H and O–H groups in total. The highest BCUT2D eigenvalue weighted by Crippen LogP contribution is 2.34. The van der Waals surface area contributed by atoms with Gasteiger partial charge in [0.15, 0.2) is 18.1 Å². The number of rotatable bonds is 6. The second kappa shape index (κ2) is 9.58. The van der Waals surface area contributed by atoms with Crippen molar-refractivity contribution in [3.8, 4) is 17.2 Å². The molecule has 1 aliphatic rings. The van der Waals surface area contributed by atoms with E-state index in [1.165, 1.54) is 0 Å². The van der Waals surface area contributed by atoms with Crippen molar-refractivity contribution in [3.63, 3.8) is 0 Å². The molecule has 8 heteroatoms. The molecular formula is C29H22N2O6. The largest absolute Gasteiger partial charge is 0.486 e. The van der Waals surface area contributed by atoms with E-state index in [1.54, 1.807) is 36.4 Å². The van der Waals surface area contributed by atoms with Crippen molar-refractivity contribution in [2.24, 2.45) is 0 Å². The average Bonchev–Trinajstić information content (AvgIpc) is 3.30. The van der Waals surface area contributed by atoms with Gasteiger partial charge in [-0.2, -0.15) is 0 Å². The topological polar surface area (TPSA) is 99.0 Å². The van der Waals surface area contributed by atoms with Gasteiger partial charge >= 0.3 is 0 Å². The lowest BCUT2D eigenvalue weighted by atomic mass is 10.1. The molecule has 0 spiro atoms. The van der Waals surface area contributed by atoms with Crippen LogP contribution in [0.2, 0.25) is 0 Å². The molecule has 0 saturated carbocycles. The van der Waals surface area contributed by atoms with Crippen LogP contribution in [0.5, 0.6) is 17.2 Å². The normalized spacial score (nSPS) is 12.3. The first-order chi connectivity index (χ1) is 18.1. The Morgan fingerprint density at radius 1 is 0.784 bits per heavy atom. The number of fused-ring (bicyclic) bond motifs is 3. The average molecular weight is 495 g/mol. The van der Waals surface area contributed by atoms with Gasteiger partial charge in [0.2, 0.25) is 5.76 Å². The van der Waals surface area contributed by atoms with Crippen LogP contribution in [0, 0.1) is 0 Å². The van der Waals surface area contributed by atoms with Crippen molar-refractivity contribution in [2.75, 3.05) is 30.5 Å². The maximum atomic E-state index is 13.2. The van der Waals surface area contributed by atoms with E-state index in [0.29, 0.717) is 47.1 Å². The number of amides is 2. The van der Waals surface area contributed by atoms with Gasteiger partial charge in [0.1, 0.15) is 30.2 Å². The fourth-order valence-electron chi connectivity index (χ4n) is 4.22. The first-order valence-electron chi connectivity index (χ1n) is 11.8. The van der Waals surface area contributed by atoms with E-state index in [0.717, 1.165) is 10.8 Å². The van der Waals surface area contributed by atoms with Crippen molar-refractivity contribution in [2.45, 2.75) is 0 Å². The number of ether oxygens (including phenoxy) is 3. The summed E-state index contributed by atoms with van der Waals surface area (Å²) in [5.41, 5.74) is 1.25. The second-order valence-corrected chi connectivity index (χ2v) is 8.46. The number of benzene rings is 4. The Hall–Kier alpha value is -4.98. The smallest absolute Gasteiger partial charge is 0.293 e. The molecule has 0 bridgehead atoms. The van der Waals surface area contributed by atoms with E-state index in [9.17, 15) is 9.59 Å². The van der Waals surface area contributed by atoms with Crippen molar-refractivity contribution in [1.29, 1.82) is 0 Å². The maximum Gasteiger partial charge on any atom is 0.293 e. The first kappa shape index (κ1) is 22.5. The molecule has 184 valence electrons. The lowest BCUT2D eigenvalue weighted by Crippen LogP contribution is -2.22. The van der Waals surface area contributed by atoms with Gasteiger partial charge in [0.25, 0.3) is 11.8 Å². The van der Waals surface area contributed by atoms with Gasteiger partial charge in [-0.25, -0.2) is 0 Å². The summed E-state index contributed by atoms with van der Waals surface area (Å²) in [6.45, 7) is 0.678. The zero-order valence-corrected chi connectivity index (χ0v) is 19.7. The van der Waals surface area contributed by atoms with Crippen LogP contribution in [-0.4, -0.2) is 31.6 Å². The van der Waals surface area contributed by atoms with Crippen LogP contribution in [-0.2, 0) is 4.79 Å². The maximum absolute atomic E-state index is 13.2. The molecule has 37 heavy (non-hydrogen) atoms. The third-order valence-electron chi connectivity index (χ3n) is 5.96.